The minimum absolute atomic E-state index is 0.0410. The van der Waals surface area contributed by atoms with Crippen LogP contribution in [-0.2, 0) is 14.6 Å². The number of alkyl carbamates (subject to hydrolysis) is 1. The Morgan fingerprint density at radius 2 is 2.00 bits per heavy atom. The number of benzene rings is 1. The van der Waals surface area contributed by atoms with Gasteiger partial charge in [0.05, 0.1) is 11.4 Å². The van der Waals surface area contributed by atoms with Crippen LogP contribution in [0.15, 0.2) is 29.2 Å². The predicted octanol–water partition coefficient (Wildman–Crippen LogP) is 1.35. The van der Waals surface area contributed by atoms with Crippen molar-refractivity contribution in [2.45, 2.75) is 37.4 Å². The molecular formula is C15H23NO6S. The molecule has 0 fully saturated rings. The molecule has 23 heavy (non-hydrogen) atoms. The van der Waals surface area contributed by atoms with Crippen LogP contribution in [0.25, 0.3) is 0 Å². The molecule has 0 aliphatic heterocycles. The Morgan fingerprint density at radius 3 is 2.57 bits per heavy atom. The number of amides is 1. The van der Waals surface area contributed by atoms with Crippen molar-refractivity contribution in [1.82, 2.24) is 5.32 Å². The third-order valence-corrected chi connectivity index (χ3v) is 3.67. The van der Waals surface area contributed by atoms with Gasteiger partial charge in [0.1, 0.15) is 24.1 Å². The van der Waals surface area contributed by atoms with Gasteiger partial charge in [-0.25, -0.2) is 13.2 Å². The molecule has 7 nitrogen and oxygen atoms in total. The van der Waals surface area contributed by atoms with Gasteiger partial charge < -0.3 is 19.9 Å². The highest BCUT2D eigenvalue weighted by Gasteiger charge is 2.17. The Bertz CT molecular complexity index is 636. The lowest BCUT2D eigenvalue weighted by atomic mass is 10.2. The van der Waals surface area contributed by atoms with Gasteiger partial charge in [0.2, 0.25) is 0 Å². The average molecular weight is 345 g/mol. The second-order valence-electron chi connectivity index (χ2n) is 6.09. The van der Waals surface area contributed by atoms with Crippen molar-refractivity contribution in [1.29, 1.82) is 0 Å². The third kappa shape index (κ3) is 7.85. The summed E-state index contributed by atoms with van der Waals surface area (Å²) < 4.78 is 33.3. The van der Waals surface area contributed by atoms with Crippen LogP contribution in [0.4, 0.5) is 4.79 Å². The molecule has 0 aromatic heterocycles. The Labute approximate surface area is 136 Å². The minimum Gasteiger partial charge on any atom is -0.491 e. The summed E-state index contributed by atoms with van der Waals surface area (Å²) in [7, 11) is -3.32. The first-order valence-corrected chi connectivity index (χ1v) is 8.94. The maximum absolute atomic E-state index is 11.4. The Hall–Kier alpha value is -1.80. The summed E-state index contributed by atoms with van der Waals surface area (Å²) in [6, 6.07) is 5.98. The fourth-order valence-electron chi connectivity index (χ4n) is 1.56. The quantitative estimate of drug-likeness (QED) is 0.807. The molecule has 1 atom stereocenters. The van der Waals surface area contributed by atoms with Gasteiger partial charge in [0, 0.05) is 6.26 Å². The topological polar surface area (TPSA) is 102 Å². The third-order valence-electron chi connectivity index (χ3n) is 2.56. The first-order chi connectivity index (χ1) is 10.5. The lowest BCUT2D eigenvalue weighted by Gasteiger charge is -2.20. The molecular weight excluding hydrogens is 322 g/mol. The molecule has 0 saturated heterocycles. The van der Waals surface area contributed by atoms with Crippen molar-refractivity contribution in [3.8, 4) is 5.75 Å². The summed E-state index contributed by atoms with van der Waals surface area (Å²) in [6.07, 6.45) is -0.480. The van der Waals surface area contributed by atoms with Crippen LogP contribution in [-0.4, -0.2) is 50.7 Å². The van der Waals surface area contributed by atoms with Crippen LogP contribution in [0.2, 0.25) is 0 Å². The van der Waals surface area contributed by atoms with Crippen molar-refractivity contribution in [3.05, 3.63) is 24.3 Å². The normalized spacial score (nSPS) is 13.3. The van der Waals surface area contributed by atoms with Gasteiger partial charge in [-0.05, 0) is 39.0 Å². The summed E-state index contributed by atoms with van der Waals surface area (Å²) in [5.74, 6) is 0.323. The summed E-state index contributed by atoms with van der Waals surface area (Å²) in [6.45, 7) is 5.08. The van der Waals surface area contributed by atoms with Gasteiger partial charge in [-0.15, -0.1) is 0 Å². The molecule has 1 rings (SSSR count). The number of sulfone groups is 1. The van der Waals surface area contributed by atoms with Crippen molar-refractivity contribution < 1.29 is 27.8 Å². The number of carbonyl (C=O) groups excluding carboxylic acids is 1. The monoisotopic (exact) mass is 345 g/mol. The van der Waals surface area contributed by atoms with E-state index in [0.29, 0.717) is 5.75 Å². The van der Waals surface area contributed by atoms with Crippen LogP contribution in [0.5, 0.6) is 5.75 Å². The maximum Gasteiger partial charge on any atom is 0.407 e. The van der Waals surface area contributed by atoms with E-state index in [2.05, 4.69) is 5.32 Å². The van der Waals surface area contributed by atoms with Gasteiger partial charge in [-0.2, -0.15) is 0 Å². The zero-order valence-corrected chi connectivity index (χ0v) is 14.5. The predicted molar refractivity (Wildman–Crippen MR) is 85.3 cm³/mol. The van der Waals surface area contributed by atoms with Crippen molar-refractivity contribution in [2.75, 3.05) is 19.4 Å². The summed E-state index contributed by atoms with van der Waals surface area (Å²) in [5.41, 5.74) is -0.613. The molecule has 0 radical (unpaired) electrons. The molecule has 0 heterocycles. The molecule has 1 amide bonds. The van der Waals surface area contributed by atoms with E-state index in [1.54, 1.807) is 32.9 Å². The SMILES string of the molecule is CC(C)(C)OC(=O)NCC(O)COc1cccc(S(C)(=O)=O)c1. The highest BCUT2D eigenvalue weighted by Crippen LogP contribution is 2.17. The molecule has 1 aromatic rings. The average Bonchev–Trinajstić information content (AvgIpc) is 2.40. The minimum atomic E-state index is -3.32. The van der Waals surface area contributed by atoms with Gasteiger partial charge in [-0.3, -0.25) is 0 Å². The van der Waals surface area contributed by atoms with E-state index in [1.165, 1.54) is 12.1 Å². The Morgan fingerprint density at radius 1 is 1.35 bits per heavy atom. The van der Waals surface area contributed by atoms with Crippen LogP contribution in [0, 0.1) is 0 Å². The number of hydrogen-bond donors (Lipinski definition) is 2. The first kappa shape index (κ1) is 19.2. The van der Waals surface area contributed by atoms with Crippen LogP contribution >= 0.6 is 0 Å². The number of hydrogen-bond acceptors (Lipinski definition) is 6. The molecule has 0 saturated carbocycles. The Balaban J connectivity index is 2.45. The molecule has 1 aromatic carbocycles. The second-order valence-corrected chi connectivity index (χ2v) is 8.11. The van der Waals surface area contributed by atoms with Crippen LogP contribution in [0.3, 0.4) is 0 Å². The van der Waals surface area contributed by atoms with E-state index in [0.717, 1.165) is 6.26 Å². The number of carbonyl (C=O) groups is 1. The fourth-order valence-corrected chi connectivity index (χ4v) is 2.22. The van der Waals surface area contributed by atoms with Gasteiger partial charge >= 0.3 is 6.09 Å². The highest BCUT2D eigenvalue weighted by molar-refractivity contribution is 7.90. The maximum atomic E-state index is 11.4. The van der Waals surface area contributed by atoms with E-state index in [4.69, 9.17) is 9.47 Å². The zero-order chi connectivity index (χ0) is 17.7. The molecule has 0 spiro atoms. The molecule has 2 N–H and O–H groups in total. The lowest BCUT2D eigenvalue weighted by molar-refractivity contribution is 0.0463. The summed E-state index contributed by atoms with van der Waals surface area (Å²) >= 11 is 0. The molecule has 130 valence electrons. The zero-order valence-electron chi connectivity index (χ0n) is 13.7. The second kappa shape index (κ2) is 7.65. The number of nitrogens with one attached hydrogen (secondary N) is 1. The van der Waals surface area contributed by atoms with Crippen LogP contribution < -0.4 is 10.1 Å². The Kier molecular flexibility index (Phi) is 6.40. The number of ether oxygens (including phenoxy) is 2. The smallest absolute Gasteiger partial charge is 0.407 e. The van der Waals surface area contributed by atoms with Crippen molar-refractivity contribution in [3.63, 3.8) is 0 Å². The van der Waals surface area contributed by atoms with E-state index < -0.39 is 27.6 Å². The van der Waals surface area contributed by atoms with Crippen molar-refractivity contribution >= 4 is 15.9 Å². The standard InChI is InChI=1S/C15H23NO6S/c1-15(2,3)22-14(18)16-9-11(17)10-21-12-6-5-7-13(8-12)23(4,19)20/h5-8,11,17H,9-10H2,1-4H3,(H,16,18). The van der Waals surface area contributed by atoms with Crippen LogP contribution in [0.1, 0.15) is 20.8 Å². The first-order valence-electron chi connectivity index (χ1n) is 7.05. The summed E-state index contributed by atoms with van der Waals surface area (Å²) in [5, 5.41) is 12.2. The number of rotatable bonds is 6. The molecule has 0 bridgehead atoms. The van der Waals surface area contributed by atoms with E-state index in [-0.39, 0.29) is 18.0 Å². The number of aliphatic hydroxyl groups is 1. The van der Waals surface area contributed by atoms with E-state index in [1.807, 2.05) is 0 Å². The van der Waals surface area contributed by atoms with E-state index in [9.17, 15) is 18.3 Å². The lowest BCUT2D eigenvalue weighted by Crippen LogP contribution is -2.38. The molecule has 0 aliphatic rings. The highest BCUT2D eigenvalue weighted by atomic mass is 32.2. The van der Waals surface area contributed by atoms with Gasteiger partial charge in [0.15, 0.2) is 9.84 Å². The molecule has 8 heteroatoms. The van der Waals surface area contributed by atoms with Gasteiger partial charge in [-0.1, -0.05) is 6.07 Å². The number of aliphatic hydroxyl groups excluding tert-OH is 1. The van der Waals surface area contributed by atoms with E-state index >= 15 is 0 Å². The fraction of sp³-hybridized carbons (Fsp3) is 0.533. The molecule has 1 unspecified atom stereocenters. The largest absolute Gasteiger partial charge is 0.491 e. The van der Waals surface area contributed by atoms with Crippen molar-refractivity contribution in [2.24, 2.45) is 0 Å². The summed E-state index contributed by atoms with van der Waals surface area (Å²) in [4.78, 5) is 11.6. The van der Waals surface area contributed by atoms with Gasteiger partial charge in [0.25, 0.3) is 0 Å². The molecule has 0 aliphatic carbocycles.